The monoisotopic (exact) mass is 553 g/mol. The van der Waals surface area contributed by atoms with Gasteiger partial charge in [-0.05, 0) is 70.2 Å². The van der Waals surface area contributed by atoms with Gasteiger partial charge in [0.2, 0.25) is 10.0 Å². The molecule has 2 aromatic carbocycles. The number of benzene rings is 2. The van der Waals surface area contributed by atoms with Gasteiger partial charge >= 0.3 is 0 Å². The number of amides is 1. The maximum absolute atomic E-state index is 13.8. The van der Waals surface area contributed by atoms with Crippen LogP contribution in [0, 0.1) is 13.8 Å². The van der Waals surface area contributed by atoms with Crippen LogP contribution in [0.3, 0.4) is 0 Å². The first-order valence-corrected chi connectivity index (χ1v) is 14.8. The van der Waals surface area contributed by atoms with Crippen molar-refractivity contribution in [2.75, 3.05) is 24.5 Å². The lowest BCUT2D eigenvalue weighted by Crippen LogP contribution is -2.48. The van der Waals surface area contributed by atoms with Crippen LogP contribution in [-0.2, 0) is 21.3 Å². The highest BCUT2D eigenvalue weighted by molar-refractivity contribution is 7.89. The van der Waals surface area contributed by atoms with Crippen LogP contribution in [0.1, 0.15) is 35.6 Å². The lowest BCUT2D eigenvalue weighted by atomic mass is 10.2. The van der Waals surface area contributed by atoms with Gasteiger partial charge in [-0.1, -0.05) is 23.5 Å². The molecule has 5 rings (SSSR count). The molecule has 0 radical (unpaired) electrons. The number of fused-ring (bicyclic) bond motifs is 1. The molecule has 1 aliphatic rings. The Labute approximate surface area is 226 Å². The minimum absolute atomic E-state index is 0.157. The number of thiazole rings is 1. The molecule has 2 unspecified atom stereocenters. The van der Waals surface area contributed by atoms with Crippen LogP contribution in [-0.4, -0.2) is 65.2 Å². The highest BCUT2D eigenvalue weighted by Gasteiger charge is 2.32. The van der Waals surface area contributed by atoms with Crippen molar-refractivity contribution >= 4 is 42.6 Å². The van der Waals surface area contributed by atoms with Crippen molar-refractivity contribution in [3.05, 3.63) is 71.5 Å². The van der Waals surface area contributed by atoms with Gasteiger partial charge in [-0.15, -0.1) is 0 Å². The summed E-state index contributed by atoms with van der Waals surface area (Å²) >= 11 is 1.45. The molecule has 1 fully saturated rings. The molecule has 200 valence electrons. The van der Waals surface area contributed by atoms with Crippen molar-refractivity contribution in [2.24, 2.45) is 0 Å². The maximum Gasteiger partial charge on any atom is 0.260 e. The molecule has 1 aliphatic heterocycles. The number of para-hydroxylation sites is 1. The summed E-state index contributed by atoms with van der Waals surface area (Å²) in [5.74, 6) is -0.247. The average Bonchev–Trinajstić information content (AvgIpc) is 3.45. The number of rotatable bonds is 7. The zero-order valence-corrected chi connectivity index (χ0v) is 23.5. The van der Waals surface area contributed by atoms with Crippen LogP contribution >= 0.6 is 11.3 Å². The number of morpholine rings is 1. The summed E-state index contributed by atoms with van der Waals surface area (Å²) in [6.07, 6.45) is -0.363. The Kier molecular flexibility index (Phi) is 7.36. The minimum Gasteiger partial charge on any atom is -0.373 e. The Morgan fingerprint density at radius 2 is 1.76 bits per heavy atom. The second-order valence-corrected chi connectivity index (χ2v) is 12.6. The van der Waals surface area contributed by atoms with Crippen molar-refractivity contribution in [2.45, 2.75) is 51.3 Å². The number of carbonyl (C=O) groups excluding carboxylic acids is 1. The van der Waals surface area contributed by atoms with E-state index < -0.39 is 10.0 Å². The number of hydrogen-bond donors (Lipinski definition) is 0. The van der Waals surface area contributed by atoms with Crippen molar-refractivity contribution in [3.8, 4) is 0 Å². The number of aromatic nitrogens is 3. The Morgan fingerprint density at radius 1 is 1.08 bits per heavy atom. The minimum atomic E-state index is -3.70. The van der Waals surface area contributed by atoms with Gasteiger partial charge in [-0.2, -0.15) is 9.40 Å². The molecule has 38 heavy (non-hydrogen) atoms. The fourth-order valence-electron chi connectivity index (χ4n) is 4.76. The summed E-state index contributed by atoms with van der Waals surface area (Å²) in [6.45, 7) is 9.11. The molecule has 0 aliphatic carbocycles. The van der Waals surface area contributed by atoms with Gasteiger partial charge in [0.25, 0.3) is 5.91 Å². The van der Waals surface area contributed by atoms with E-state index in [1.54, 1.807) is 17.0 Å². The molecule has 0 saturated carbocycles. The SMILES string of the molecule is Cc1cc(C)n(CCN(C(=O)c2ccc(S(=O)(=O)N3CC(C)OC(C)C3)cc2)c2nc3ccccc3s2)n1. The molecule has 0 N–H and O–H groups in total. The third-order valence-electron chi connectivity index (χ3n) is 6.52. The van der Waals surface area contributed by atoms with E-state index in [1.807, 2.05) is 62.7 Å². The summed E-state index contributed by atoms with van der Waals surface area (Å²) in [4.78, 5) is 20.3. The van der Waals surface area contributed by atoms with Crippen molar-refractivity contribution in [3.63, 3.8) is 0 Å². The number of ether oxygens (including phenoxy) is 1. The second-order valence-electron chi connectivity index (χ2n) is 9.67. The predicted molar refractivity (Wildman–Crippen MR) is 148 cm³/mol. The van der Waals surface area contributed by atoms with Crippen LogP contribution in [0.2, 0.25) is 0 Å². The Morgan fingerprint density at radius 3 is 2.39 bits per heavy atom. The van der Waals surface area contributed by atoms with E-state index >= 15 is 0 Å². The van der Waals surface area contributed by atoms with Crippen molar-refractivity contribution in [1.29, 1.82) is 0 Å². The van der Waals surface area contributed by atoms with Gasteiger partial charge in [0, 0.05) is 30.9 Å². The normalized spacial score (nSPS) is 18.6. The molecule has 0 spiro atoms. The summed E-state index contributed by atoms with van der Waals surface area (Å²) in [5.41, 5.74) is 3.15. The first-order chi connectivity index (χ1) is 18.1. The molecule has 1 saturated heterocycles. The second kappa shape index (κ2) is 10.6. The molecule has 2 atom stereocenters. The van der Waals surface area contributed by atoms with E-state index in [0.29, 0.717) is 36.9 Å². The van der Waals surface area contributed by atoms with Crippen molar-refractivity contribution in [1.82, 2.24) is 19.1 Å². The lowest BCUT2D eigenvalue weighted by Gasteiger charge is -2.34. The van der Waals surface area contributed by atoms with Crippen LogP contribution in [0.5, 0.6) is 0 Å². The zero-order valence-electron chi connectivity index (χ0n) is 21.9. The number of anilines is 1. The van der Waals surface area contributed by atoms with Gasteiger partial charge in [-0.25, -0.2) is 13.4 Å². The van der Waals surface area contributed by atoms with Gasteiger partial charge in [-0.3, -0.25) is 14.4 Å². The van der Waals surface area contributed by atoms with E-state index in [0.717, 1.165) is 21.6 Å². The maximum atomic E-state index is 13.8. The third-order valence-corrected chi connectivity index (χ3v) is 9.43. The molecule has 9 nitrogen and oxygen atoms in total. The fraction of sp³-hybridized carbons (Fsp3) is 0.370. The van der Waals surface area contributed by atoms with E-state index in [1.165, 1.54) is 27.8 Å². The third kappa shape index (κ3) is 5.37. The quantitative estimate of drug-likeness (QED) is 0.339. The van der Waals surface area contributed by atoms with Gasteiger partial charge in [0.15, 0.2) is 5.13 Å². The molecule has 3 heterocycles. The predicted octanol–water partition coefficient (Wildman–Crippen LogP) is 4.25. The number of sulfonamides is 1. The molecule has 11 heteroatoms. The number of nitrogens with zero attached hydrogens (tertiary/aromatic N) is 5. The molecular weight excluding hydrogens is 522 g/mol. The standard InChI is InChI=1S/C27H31N5O4S2/c1-18-15-19(2)32(29-18)14-13-31(27-28-24-7-5-6-8-25(24)37-27)26(33)22-9-11-23(12-10-22)38(34,35)30-16-20(3)36-21(4)17-30/h5-12,15,20-21H,13-14,16-17H2,1-4H3. The summed E-state index contributed by atoms with van der Waals surface area (Å²) in [5, 5.41) is 5.11. The summed E-state index contributed by atoms with van der Waals surface area (Å²) in [6, 6.07) is 15.9. The van der Waals surface area contributed by atoms with Crippen LogP contribution in [0.25, 0.3) is 10.2 Å². The fourth-order valence-corrected chi connectivity index (χ4v) is 7.34. The Bertz CT molecular complexity index is 1520. The summed E-state index contributed by atoms with van der Waals surface area (Å²) in [7, 11) is -3.70. The Balaban J connectivity index is 1.42. The highest BCUT2D eigenvalue weighted by Crippen LogP contribution is 2.30. The smallest absolute Gasteiger partial charge is 0.260 e. The van der Waals surface area contributed by atoms with Gasteiger partial charge < -0.3 is 4.74 Å². The van der Waals surface area contributed by atoms with E-state index in [2.05, 4.69) is 5.10 Å². The Hall–Kier alpha value is -3.12. The van der Waals surface area contributed by atoms with Gasteiger partial charge in [0.05, 0.1) is 39.6 Å². The number of aryl methyl sites for hydroxylation is 2. The first-order valence-electron chi connectivity index (χ1n) is 12.6. The topological polar surface area (TPSA) is 97.6 Å². The van der Waals surface area contributed by atoms with Gasteiger partial charge in [0.1, 0.15) is 0 Å². The first kappa shape index (κ1) is 26.5. The van der Waals surface area contributed by atoms with E-state index in [4.69, 9.17) is 9.72 Å². The van der Waals surface area contributed by atoms with E-state index in [9.17, 15) is 13.2 Å². The number of hydrogen-bond acceptors (Lipinski definition) is 7. The summed E-state index contributed by atoms with van der Waals surface area (Å²) < 4.78 is 36.5. The zero-order chi connectivity index (χ0) is 27.0. The molecule has 2 aromatic heterocycles. The molecule has 4 aromatic rings. The van der Waals surface area contributed by atoms with Crippen molar-refractivity contribution < 1.29 is 17.9 Å². The highest BCUT2D eigenvalue weighted by atomic mass is 32.2. The molecular formula is C27H31N5O4S2. The van der Waals surface area contributed by atoms with Crippen LogP contribution < -0.4 is 4.90 Å². The van der Waals surface area contributed by atoms with Crippen LogP contribution in [0.15, 0.2) is 59.5 Å². The average molecular weight is 554 g/mol. The number of carbonyl (C=O) groups is 1. The molecule has 1 amide bonds. The largest absolute Gasteiger partial charge is 0.373 e. The lowest BCUT2D eigenvalue weighted by molar-refractivity contribution is -0.0440. The van der Waals surface area contributed by atoms with Crippen LogP contribution in [0.4, 0.5) is 5.13 Å². The molecule has 0 bridgehead atoms. The van der Waals surface area contributed by atoms with E-state index in [-0.39, 0.29) is 23.0 Å².